The van der Waals surface area contributed by atoms with E-state index in [-0.39, 0.29) is 18.0 Å². The first kappa shape index (κ1) is 12.1. The van der Waals surface area contributed by atoms with Crippen LogP contribution in [0.15, 0.2) is 18.5 Å². The third-order valence-electron chi connectivity index (χ3n) is 3.99. The van der Waals surface area contributed by atoms with Gasteiger partial charge in [0.25, 0.3) is 5.91 Å². The van der Waals surface area contributed by atoms with E-state index in [0.29, 0.717) is 5.69 Å². The third-order valence-corrected chi connectivity index (χ3v) is 3.99. The van der Waals surface area contributed by atoms with Crippen LogP contribution in [0.25, 0.3) is 10.9 Å². The molecule has 100 valence electrons. The summed E-state index contributed by atoms with van der Waals surface area (Å²) < 4.78 is 0. The molecular formula is C14H18N4O. The molecule has 2 atom stereocenters. The molecule has 0 radical (unpaired) electrons. The van der Waals surface area contributed by atoms with Crippen LogP contribution in [0.5, 0.6) is 0 Å². The number of hydrogen-bond acceptors (Lipinski definition) is 3. The van der Waals surface area contributed by atoms with Crippen LogP contribution in [-0.4, -0.2) is 38.1 Å². The van der Waals surface area contributed by atoms with Crippen molar-refractivity contribution in [3.8, 4) is 0 Å². The summed E-state index contributed by atoms with van der Waals surface area (Å²) in [5.74, 6) is 0.0129. The molecule has 0 bridgehead atoms. The van der Waals surface area contributed by atoms with Gasteiger partial charge >= 0.3 is 0 Å². The number of aromatic amines is 1. The van der Waals surface area contributed by atoms with Gasteiger partial charge in [0.2, 0.25) is 0 Å². The molecule has 1 fully saturated rings. The minimum absolute atomic E-state index is 0.0129. The summed E-state index contributed by atoms with van der Waals surface area (Å²) in [4.78, 5) is 18.8. The van der Waals surface area contributed by atoms with E-state index in [1.54, 1.807) is 12.4 Å². The molecule has 5 heteroatoms. The van der Waals surface area contributed by atoms with Gasteiger partial charge in [-0.15, -0.1) is 0 Å². The maximum atomic E-state index is 12.7. The Hall–Kier alpha value is -1.91. The SMILES string of the molecule is CC1CCCC(C)N1C(=O)c1n[nH]c2ccncc12. The highest BCUT2D eigenvalue weighted by molar-refractivity contribution is 6.04. The fraction of sp³-hybridized carbons (Fsp3) is 0.500. The molecule has 1 N–H and O–H groups in total. The zero-order chi connectivity index (χ0) is 13.4. The van der Waals surface area contributed by atoms with Crippen molar-refractivity contribution < 1.29 is 4.79 Å². The smallest absolute Gasteiger partial charge is 0.275 e. The molecule has 5 nitrogen and oxygen atoms in total. The molecule has 0 aromatic carbocycles. The van der Waals surface area contributed by atoms with E-state index >= 15 is 0 Å². The van der Waals surface area contributed by atoms with Gasteiger partial charge in [-0.2, -0.15) is 5.10 Å². The number of nitrogens with one attached hydrogen (secondary N) is 1. The molecular weight excluding hydrogens is 240 g/mol. The number of pyridine rings is 1. The number of rotatable bonds is 1. The Morgan fingerprint density at radius 3 is 2.84 bits per heavy atom. The standard InChI is InChI=1S/C14H18N4O/c1-9-4-3-5-10(2)18(9)14(19)13-11-8-15-7-6-12(11)16-17-13/h6-10H,3-5H2,1-2H3,(H,16,17). The maximum absolute atomic E-state index is 12.7. The zero-order valence-electron chi connectivity index (χ0n) is 11.3. The van der Waals surface area contributed by atoms with Gasteiger partial charge in [0.05, 0.1) is 10.9 Å². The highest BCUT2D eigenvalue weighted by Crippen LogP contribution is 2.26. The van der Waals surface area contributed by atoms with E-state index in [1.807, 2.05) is 11.0 Å². The number of hydrogen-bond donors (Lipinski definition) is 1. The highest BCUT2D eigenvalue weighted by Gasteiger charge is 2.31. The summed E-state index contributed by atoms with van der Waals surface area (Å²) in [6.07, 6.45) is 6.72. The molecule has 2 unspecified atom stereocenters. The summed E-state index contributed by atoms with van der Waals surface area (Å²) in [6.45, 7) is 4.22. The maximum Gasteiger partial charge on any atom is 0.275 e. The minimum atomic E-state index is 0.0129. The van der Waals surface area contributed by atoms with E-state index in [4.69, 9.17) is 0 Å². The number of aromatic nitrogens is 3. The van der Waals surface area contributed by atoms with Crippen LogP contribution in [0, 0.1) is 0 Å². The van der Waals surface area contributed by atoms with Gasteiger partial charge in [0.15, 0.2) is 5.69 Å². The molecule has 0 aliphatic carbocycles. The average molecular weight is 258 g/mol. The van der Waals surface area contributed by atoms with E-state index < -0.39 is 0 Å². The van der Waals surface area contributed by atoms with E-state index in [2.05, 4.69) is 29.0 Å². The number of nitrogens with zero attached hydrogens (tertiary/aromatic N) is 3. The molecule has 19 heavy (non-hydrogen) atoms. The minimum Gasteiger partial charge on any atom is -0.332 e. The van der Waals surface area contributed by atoms with E-state index in [0.717, 1.165) is 23.7 Å². The Kier molecular flexibility index (Phi) is 2.97. The molecule has 3 heterocycles. The second kappa shape index (κ2) is 4.64. The lowest BCUT2D eigenvalue weighted by molar-refractivity contribution is 0.0506. The first-order valence-electron chi connectivity index (χ1n) is 6.79. The molecule has 2 aromatic rings. The molecule has 1 aliphatic rings. The van der Waals surface area contributed by atoms with Gasteiger partial charge in [-0.3, -0.25) is 14.9 Å². The number of H-pyrrole nitrogens is 1. The second-order valence-corrected chi connectivity index (χ2v) is 5.33. The van der Waals surface area contributed by atoms with Gasteiger partial charge in [-0.05, 0) is 39.2 Å². The van der Waals surface area contributed by atoms with E-state index in [1.165, 1.54) is 6.42 Å². The van der Waals surface area contributed by atoms with Gasteiger partial charge in [0, 0.05) is 24.5 Å². The quantitative estimate of drug-likeness (QED) is 0.854. The first-order chi connectivity index (χ1) is 9.18. The monoisotopic (exact) mass is 258 g/mol. The van der Waals surface area contributed by atoms with Gasteiger partial charge < -0.3 is 4.90 Å². The van der Waals surface area contributed by atoms with Crippen molar-refractivity contribution in [2.24, 2.45) is 0 Å². The van der Waals surface area contributed by atoms with Gasteiger partial charge in [-0.25, -0.2) is 0 Å². The number of fused-ring (bicyclic) bond motifs is 1. The number of likely N-dealkylation sites (tertiary alicyclic amines) is 1. The number of piperidine rings is 1. The van der Waals surface area contributed by atoms with Crippen LogP contribution in [0.2, 0.25) is 0 Å². The van der Waals surface area contributed by atoms with Crippen molar-refractivity contribution in [3.63, 3.8) is 0 Å². The molecule has 0 saturated carbocycles. The van der Waals surface area contributed by atoms with Crippen molar-refractivity contribution in [2.45, 2.75) is 45.2 Å². The zero-order valence-corrected chi connectivity index (χ0v) is 11.3. The summed E-state index contributed by atoms with van der Waals surface area (Å²) in [6, 6.07) is 2.39. The lowest BCUT2D eigenvalue weighted by Crippen LogP contribution is -2.47. The number of carbonyl (C=O) groups is 1. The van der Waals surface area contributed by atoms with E-state index in [9.17, 15) is 4.79 Å². The van der Waals surface area contributed by atoms with Gasteiger partial charge in [0.1, 0.15) is 0 Å². The summed E-state index contributed by atoms with van der Waals surface area (Å²) in [5.41, 5.74) is 1.35. The van der Waals surface area contributed by atoms with Gasteiger partial charge in [-0.1, -0.05) is 0 Å². The Balaban J connectivity index is 1.99. The molecule has 1 saturated heterocycles. The lowest BCUT2D eigenvalue weighted by atomic mass is 9.97. The average Bonchev–Trinajstić information content (AvgIpc) is 2.82. The Morgan fingerprint density at radius 1 is 1.37 bits per heavy atom. The van der Waals surface area contributed by atoms with Crippen molar-refractivity contribution in [1.82, 2.24) is 20.1 Å². The van der Waals surface area contributed by atoms with Crippen molar-refractivity contribution in [2.75, 3.05) is 0 Å². The van der Waals surface area contributed by atoms with Crippen LogP contribution in [0.1, 0.15) is 43.6 Å². The normalized spacial score (nSPS) is 23.8. The van der Waals surface area contributed by atoms with Crippen LogP contribution in [0.3, 0.4) is 0 Å². The third kappa shape index (κ3) is 1.99. The predicted octanol–water partition coefficient (Wildman–Crippen LogP) is 2.36. The fourth-order valence-electron chi connectivity index (χ4n) is 2.96. The molecule has 0 spiro atoms. The summed E-state index contributed by atoms with van der Waals surface area (Å²) in [5, 5.41) is 7.89. The first-order valence-corrected chi connectivity index (χ1v) is 6.79. The van der Waals surface area contributed by atoms with Crippen LogP contribution in [-0.2, 0) is 0 Å². The lowest BCUT2D eigenvalue weighted by Gasteiger charge is -2.38. The predicted molar refractivity (Wildman–Crippen MR) is 72.8 cm³/mol. The molecule has 1 aliphatic heterocycles. The van der Waals surface area contributed by atoms with Crippen molar-refractivity contribution >= 4 is 16.8 Å². The number of amides is 1. The summed E-state index contributed by atoms with van der Waals surface area (Å²) >= 11 is 0. The van der Waals surface area contributed by atoms with Crippen LogP contribution in [0.4, 0.5) is 0 Å². The van der Waals surface area contributed by atoms with Crippen molar-refractivity contribution in [1.29, 1.82) is 0 Å². The molecule has 3 rings (SSSR count). The van der Waals surface area contributed by atoms with Crippen LogP contribution < -0.4 is 0 Å². The summed E-state index contributed by atoms with van der Waals surface area (Å²) in [7, 11) is 0. The Bertz CT molecular complexity index is 596. The van der Waals surface area contributed by atoms with Crippen molar-refractivity contribution in [3.05, 3.63) is 24.2 Å². The second-order valence-electron chi connectivity index (χ2n) is 5.33. The Labute approximate surface area is 112 Å². The largest absolute Gasteiger partial charge is 0.332 e. The fourth-order valence-corrected chi connectivity index (χ4v) is 2.96. The topological polar surface area (TPSA) is 61.9 Å². The molecule has 2 aromatic heterocycles. The molecule has 1 amide bonds. The number of carbonyl (C=O) groups excluding carboxylic acids is 1. The Morgan fingerprint density at radius 2 is 2.11 bits per heavy atom. The van der Waals surface area contributed by atoms with Crippen LogP contribution >= 0.6 is 0 Å². The highest BCUT2D eigenvalue weighted by atomic mass is 16.2.